The number of fused-ring (bicyclic) bond motifs is 3. The van der Waals surface area contributed by atoms with Crippen LogP contribution in [0.1, 0.15) is 66.5 Å². The van der Waals surface area contributed by atoms with Gasteiger partial charge in [0.1, 0.15) is 22.8 Å². The van der Waals surface area contributed by atoms with Crippen LogP contribution >= 0.6 is 0 Å². The van der Waals surface area contributed by atoms with Gasteiger partial charge in [-0.2, -0.15) is 0 Å². The van der Waals surface area contributed by atoms with Crippen LogP contribution in [-0.4, -0.2) is 35.8 Å². The fraction of sp³-hybridized carbons (Fsp3) is 0.462. The van der Waals surface area contributed by atoms with Gasteiger partial charge in [0.2, 0.25) is 0 Å². The zero-order valence-corrected chi connectivity index (χ0v) is 20.2. The second-order valence-corrected chi connectivity index (χ2v) is 9.86. The topological polar surface area (TPSA) is 61.9 Å². The molecule has 0 saturated heterocycles. The molecule has 5 heteroatoms. The smallest absolute Gasteiger partial charge is 0.146 e. The van der Waals surface area contributed by atoms with Gasteiger partial charge >= 0.3 is 0 Å². The van der Waals surface area contributed by atoms with Crippen molar-refractivity contribution in [2.75, 3.05) is 13.1 Å². The van der Waals surface area contributed by atoms with E-state index in [-0.39, 0.29) is 11.1 Å². The van der Waals surface area contributed by atoms with Crippen molar-refractivity contribution in [3.05, 3.63) is 47.5 Å². The van der Waals surface area contributed by atoms with Gasteiger partial charge in [0.05, 0.1) is 11.1 Å². The molecule has 31 heavy (non-hydrogen) atoms. The summed E-state index contributed by atoms with van der Waals surface area (Å²) in [5, 5.41) is 9.27. The minimum absolute atomic E-state index is 0.106. The van der Waals surface area contributed by atoms with E-state index in [1.807, 2.05) is 13.8 Å². The first kappa shape index (κ1) is 22.9. The van der Waals surface area contributed by atoms with Gasteiger partial charge in [0, 0.05) is 34.9 Å². The molecule has 166 valence electrons. The highest BCUT2D eigenvalue weighted by Crippen LogP contribution is 2.33. The van der Waals surface area contributed by atoms with Gasteiger partial charge in [-0.25, -0.2) is 0 Å². The Kier molecular flexibility index (Phi) is 6.44. The Labute approximate surface area is 186 Å². The lowest BCUT2D eigenvalue weighted by atomic mass is 10.0. The summed E-state index contributed by atoms with van der Waals surface area (Å²) in [5.41, 5.74) is 3.44. The maximum absolute atomic E-state index is 6.56. The Bertz CT molecular complexity index is 1040. The number of hydrogen-bond donors (Lipinski definition) is 2. The first-order valence-corrected chi connectivity index (χ1v) is 11.1. The SMILES string of the molecule is CCN=C(NC(C)(C)C)c1cccc2c1oc1c(C(=NCC)NC(C)(C)C)cccc12. The monoisotopic (exact) mass is 420 g/mol. The highest BCUT2D eigenvalue weighted by Gasteiger charge is 2.22. The molecule has 2 aromatic carbocycles. The van der Waals surface area contributed by atoms with Gasteiger partial charge in [0.25, 0.3) is 0 Å². The number of furan rings is 1. The zero-order chi connectivity index (χ0) is 22.8. The molecule has 3 aromatic rings. The van der Waals surface area contributed by atoms with E-state index in [1.165, 1.54) is 0 Å². The van der Waals surface area contributed by atoms with Gasteiger partial charge in [-0.3, -0.25) is 9.98 Å². The summed E-state index contributed by atoms with van der Waals surface area (Å²) in [7, 11) is 0. The largest absolute Gasteiger partial charge is 0.455 e. The van der Waals surface area contributed by atoms with Crippen molar-refractivity contribution in [2.45, 2.75) is 66.5 Å². The van der Waals surface area contributed by atoms with E-state index < -0.39 is 0 Å². The molecule has 1 heterocycles. The van der Waals surface area contributed by atoms with E-state index in [0.717, 1.165) is 44.7 Å². The van der Waals surface area contributed by atoms with Crippen molar-refractivity contribution in [1.29, 1.82) is 0 Å². The molecule has 0 spiro atoms. The molecule has 0 fully saturated rings. The Balaban J connectivity index is 2.26. The lowest BCUT2D eigenvalue weighted by molar-refractivity contribution is 0.511. The predicted octanol–water partition coefficient (Wildman–Crippen LogP) is 5.90. The van der Waals surface area contributed by atoms with Crippen LogP contribution in [0.5, 0.6) is 0 Å². The summed E-state index contributed by atoms with van der Waals surface area (Å²) in [6.45, 7) is 18.3. The number of nitrogens with one attached hydrogen (secondary N) is 2. The average molecular weight is 421 g/mol. The zero-order valence-electron chi connectivity index (χ0n) is 20.2. The van der Waals surface area contributed by atoms with Gasteiger partial charge in [-0.1, -0.05) is 24.3 Å². The Morgan fingerprint density at radius 1 is 0.710 bits per heavy atom. The van der Waals surface area contributed by atoms with Crippen molar-refractivity contribution in [2.24, 2.45) is 9.98 Å². The van der Waals surface area contributed by atoms with Crippen LogP contribution in [0.15, 0.2) is 50.8 Å². The Morgan fingerprint density at radius 3 is 1.42 bits per heavy atom. The van der Waals surface area contributed by atoms with Gasteiger partial charge < -0.3 is 15.1 Å². The van der Waals surface area contributed by atoms with Crippen LogP contribution < -0.4 is 10.6 Å². The number of amidine groups is 2. The van der Waals surface area contributed by atoms with E-state index in [4.69, 9.17) is 14.4 Å². The first-order valence-electron chi connectivity index (χ1n) is 11.1. The van der Waals surface area contributed by atoms with Crippen molar-refractivity contribution < 1.29 is 4.42 Å². The van der Waals surface area contributed by atoms with Crippen LogP contribution in [0.25, 0.3) is 21.9 Å². The molecule has 0 atom stereocenters. The van der Waals surface area contributed by atoms with Crippen LogP contribution in [0.2, 0.25) is 0 Å². The number of rotatable bonds is 4. The number of benzene rings is 2. The molecule has 0 unspecified atom stereocenters. The van der Waals surface area contributed by atoms with Crippen molar-refractivity contribution in [1.82, 2.24) is 10.6 Å². The highest BCUT2D eigenvalue weighted by atomic mass is 16.3. The fourth-order valence-corrected chi connectivity index (χ4v) is 3.60. The van der Waals surface area contributed by atoms with Crippen LogP contribution in [0.4, 0.5) is 0 Å². The van der Waals surface area contributed by atoms with E-state index in [2.05, 4.69) is 88.6 Å². The summed E-state index contributed by atoms with van der Waals surface area (Å²) in [5.74, 6) is 1.72. The molecule has 0 radical (unpaired) electrons. The first-order chi connectivity index (χ1) is 14.5. The number of aliphatic imine (C=N–C) groups is 2. The quantitative estimate of drug-likeness (QED) is 0.408. The van der Waals surface area contributed by atoms with Crippen molar-refractivity contribution >= 4 is 33.6 Å². The summed E-state index contributed by atoms with van der Waals surface area (Å²) in [4.78, 5) is 9.49. The normalized spacial score (nSPS) is 13.8. The molecule has 0 saturated carbocycles. The standard InChI is InChI=1S/C26H36N4O/c1-9-27-23(29-25(3,4)5)19-15-11-13-17-18-14-12-16-20(22(18)31-21(17)19)24(28-10-2)30-26(6,7)8/h11-16H,9-10H2,1-8H3,(H,27,29)(H,28,30). The Morgan fingerprint density at radius 2 is 1.10 bits per heavy atom. The minimum atomic E-state index is -0.106. The van der Waals surface area contributed by atoms with Gasteiger partial charge in [0.15, 0.2) is 0 Å². The minimum Gasteiger partial charge on any atom is -0.455 e. The average Bonchev–Trinajstić information content (AvgIpc) is 3.04. The second-order valence-electron chi connectivity index (χ2n) is 9.86. The molecular weight excluding hydrogens is 384 g/mol. The summed E-state index contributed by atoms with van der Waals surface area (Å²) in [6.07, 6.45) is 0. The van der Waals surface area contributed by atoms with Crippen molar-refractivity contribution in [3.8, 4) is 0 Å². The fourth-order valence-electron chi connectivity index (χ4n) is 3.60. The van der Waals surface area contributed by atoms with E-state index in [9.17, 15) is 0 Å². The predicted molar refractivity (Wildman–Crippen MR) is 134 cm³/mol. The maximum Gasteiger partial charge on any atom is 0.146 e. The molecule has 0 aliphatic carbocycles. The molecule has 0 aliphatic heterocycles. The molecule has 3 rings (SSSR count). The van der Waals surface area contributed by atoms with E-state index in [1.54, 1.807) is 0 Å². The lowest BCUT2D eigenvalue weighted by Crippen LogP contribution is -2.41. The molecule has 2 N–H and O–H groups in total. The van der Waals surface area contributed by atoms with E-state index in [0.29, 0.717) is 13.1 Å². The molecule has 5 nitrogen and oxygen atoms in total. The third kappa shape index (κ3) is 5.27. The molecular formula is C26H36N4O. The summed E-state index contributed by atoms with van der Waals surface area (Å²) >= 11 is 0. The molecule has 0 aliphatic rings. The van der Waals surface area contributed by atoms with Crippen molar-refractivity contribution in [3.63, 3.8) is 0 Å². The summed E-state index contributed by atoms with van der Waals surface area (Å²) in [6, 6.07) is 12.5. The van der Waals surface area contributed by atoms with Gasteiger partial charge in [-0.05, 0) is 67.5 Å². The Hall–Kier alpha value is -2.82. The van der Waals surface area contributed by atoms with Gasteiger partial charge in [-0.15, -0.1) is 0 Å². The van der Waals surface area contributed by atoms with Crippen LogP contribution in [0, 0.1) is 0 Å². The lowest BCUT2D eigenvalue weighted by Gasteiger charge is -2.23. The molecule has 0 amide bonds. The second kappa shape index (κ2) is 8.74. The van der Waals surface area contributed by atoms with E-state index >= 15 is 0 Å². The molecule has 1 aromatic heterocycles. The van der Waals surface area contributed by atoms with Crippen LogP contribution in [0.3, 0.4) is 0 Å². The van der Waals surface area contributed by atoms with Crippen LogP contribution in [-0.2, 0) is 0 Å². The number of para-hydroxylation sites is 2. The third-order valence-corrected chi connectivity index (χ3v) is 4.65. The molecule has 0 bridgehead atoms. The number of nitrogens with zero attached hydrogens (tertiary/aromatic N) is 2. The highest BCUT2D eigenvalue weighted by molar-refractivity contribution is 6.18. The summed E-state index contributed by atoms with van der Waals surface area (Å²) < 4.78 is 6.56. The number of hydrogen-bond acceptors (Lipinski definition) is 3. The third-order valence-electron chi connectivity index (χ3n) is 4.65. The maximum atomic E-state index is 6.56.